The van der Waals surface area contributed by atoms with Crippen molar-refractivity contribution in [3.63, 3.8) is 0 Å². The van der Waals surface area contributed by atoms with Gasteiger partial charge in [-0.3, -0.25) is 4.79 Å². The highest BCUT2D eigenvalue weighted by atomic mass is 16.5. The van der Waals surface area contributed by atoms with Gasteiger partial charge in [0.05, 0.1) is 0 Å². The van der Waals surface area contributed by atoms with E-state index in [2.05, 4.69) is 5.32 Å². The van der Waals surface area contributed by atoms with Gasteiger partial charge in [0.1, 0.15) is 11.5 Å². The lowest BCUT2D eigenvalue weighted by atomic mass is 10.1. The second-order valence-electron chi connectivity index (χ2n) is 5.86. The molecule has 0 bridgehead atoms. The lowest BCUT2D eigenvalue weighted by molar-refractivity contribution is -0.133. The van der Waals surface area contributed by atoms with Gasteiger partial charge in [0, 0.05) is 17.7 Å². The minimum absolute atomic E-state index is 0.240. The molecule has 2 aromatic rings. The third kappa shape index (κ3) is 4.26. The first kappa shape index (κ1) is 16.8. The van der Waals surface area contributed by atoms with E-state index >= 15 is 0 Å². The lowest BCUT2D eigenvalue weighted by Crippen LogP contribution is -2.25. The number of benzene rings is 2. The van der Waals surface area contributed by atoms with E-state index in [0.29, 0.717) is 30.7 Å². The van der Waals surface area contributed by atoms with Crippen molar-refractivity contribution in [2.75, 3.05) is 0 Å². The second-order valence-corrected chi connectivity index (χ2v) is 5.86. The Hall–Kier alpha value is -3.08. The minimum Gasteiger partial charge on any atom is -0.478 e. The molecule has 1 amide bonds. The average Bonchev–Trinajstić information content (AvgIpc) is 3.12. The molecule has 25 heavy (non-hydrogen) atoms. The van der Waals surface area contributed by atoms with Crippen LogP contribution in [0.5, 0.6) is 11.5 Å². The van der Waals surface area contributed by atoms with Crippen LogP contribution in [0.4, 0.5) is 0 Å². The zero-order valence-corrected chi connectivity index (χ0v) is 13.7. The summed E-state index contributed by atoms with van der Waals surface area (Å²) in [7, 11) is 0. The van der Waals surface area contributed by atoms with Crippen LogP contribution in [-0.2, 0) is 16.1 Å². The van der Waals surface area contributed by atoms with Crippen LogP contribution < -0.4 is 10.1 Å². The Balaban J connectivity index is 1.58. The molecule has 0 spiro atoms. The van der Waals surface area contributed by atoms with Crippen LogP contribution in [0, 0.1) is 0 Å². The van der Waals surface area contributed by atoms with Crippen LogP contribution in [0.15, 0.2) is 65.7 Å². The molecule has 2 N–H and O–H groups in total. The second kappa shape index (κ2) is 7.66. The molecule has 0 heterocycles. The number of aliphatic carboxylic acids is 1. The molecule has 0 saturated carbocycles. The van der Waals surface area contributed by atoms with Crippen molar-refractivity contribution in [1.82, 2.24) is 5.32 Å². The number of carboxylic acid groups (broad SMARTS) is 1. The normalized spacial score (nSPS) is 13.6. The van der Waals surface area contributed by atoms with Crippen LogP contribution in [0.2, 0.25) is 0 Å². The molecule has 3 rings (SSSR count). The van der Waals surface area contributed by atoms with Gasteiger partial charge in [-0.2, -0.15) is 0 Å². The first-order valence-electron chi connectivity index (χ1n) is 8.19. The molecule has 0 aliphatic heterocycles. The number of amides is 1. The lowest BCUT2D eigenvalue weighted by Gasteiger charge is -2.09. The summed E-state index contributed by atoms with van der Waals surface area (Å²) in [4.78, 5) is 23.3. The summed E-state index contributed by atoms with van der Waals surface area (Å²) in [6, 6.07) is 16.9. The highest BCUT2D eigenvalue weighted by molar-refractivity contribution is 6.02. The zero-order chi connectivity index (χ0) is 17.6. The number of nitrogens with one attached hydrogen (secondary N) is 1. The number of carbonyl (C=O) groups excluding carboxylic acids is 1. The highest BCUT2D eigenvalue weighted by Gasteiger charge is 2.24. The maximum atomic E-state index is 12.2. The monoisotopic (exact) mass is 337 g/mol. The van der Waals surface area contributed by atoms with Crippen molar-refractivity contribution in [3.8, 4) is 11.5 Å². The molecule has 0 unspecified atom stereocenters. The molecule has 0 aromatic heterocycles. The third-order valence-electron chi connectivity index (χ3n) is 4.11. The summed E-state index contributed by atoms with van der Waals surface area (Å²) >= 11 is 0. The largest absolute Gasteiger partial charge is 0.478 e. The SMILES string of the molecule is O=C(O)C1=C(C(=O)NCc2ccc(Oc3ccccc3)cc2)CCC1. The van der Waals surface area contributed by atoms with E-state index in [-0.39, 0.29) is 11.5 Å². The molecule has 1 aliphatic carbocycles. The van der Waals surface area contributed by atoms with Crippen molar-refractivity contribution in [1.29, 1.82) is 0 Å². The maximum Gasteiger partial charge on any atom is 0.332 e. The third-order valence-corrected chi connectivity index (χ3v) is 4.11. The summed E-state index contributed by atoms with van der Waals surface area (Å²) in [5.74, 6) is 0.190. The van der Waals surface area contributed by atoms with Gasteiger partial charge in [0.15, 0.2) is 0 Å². The van der Waals surface area contributed by atoms with Gasteiger partial charge in [-0.05, 0) is 49.1 Å². The van der Waals surface area contributed by atoms with Crippen LogP contribution in [0.1, 0.15) is 24.8 Å². The Morgan fingerprint density at radius 3 is 2.24 bits per heavy atom. The van der Waals surface area contributed by atoms with Crippen LogP contribution in [-0.4, -0.2) is 17.0 Å². The standard InChI is InChI=1S/C20H19NO4/c22-19(17-7-4-8-18(17)20(23)24)21-13-14-9-11-16(12-10-14)25-15-5-2-1-3-6-15/h1-3,5-6,9-12H,4,7-8,13H2,(H,21,22)(H,23,24). The Kier molecular flexibility index (Phi) is 5.14. The molecule has 1 aliphatic rings. The van der Waals surface area contributed by atoms with Crippen molar-refractivity contribution < 1.29 is 19.4 Å². The summed E-state index contributed by atoms with van der Waals surface area (Å²) in [5.41, 5.74) is 1.56. The van der Waals surface area contributed by atoms with E-state index in [1.165, 1.54) is 0 Å². The van der Waals surface area contributed by atoms with Gasteiger partial charge >= 0.3 is 5.97 Å². The fourth-order valence-corrected chi connectivity index (χ4v) is 2.82. The first-order chi connectivity index (χ1) is 12.1. The van der Waals surface area contributed by atoms with Gasteiger partial charge in [0.2, 0.25) is 5.91 Å². The minimum atomic E-state index is -0.995. The van der Waals surface area contributed by atoms with Crippen molar-refractivity contribution in [2.24, 2.45) is 0 Å². The molecule has 0 fully saturated rings. The topological polar surface area (TPSA) is 75.6 Å². The summed E-state index contributed by atoms with van der Waals surface area (Å²) in [6.07, 6.45) is 1.71. The number of para-hydroxylation sites is 1. The number of rotatable bonds is 6. The van der Waals surface area contributed by atoms with Crippen LogP contribution in [0.25, 0.3) is 0 Å². The predicted octanol–water partition coefficient (Wildman–Crippen LogP) is 3.66. The number of ether oxygens (including phenoxy) is 1. The fourth-order valence-electron chi connectivity index (χ4n) is 2.82. The molecule has 5 nitrogen and oxygen atoms in total. The van der Waals surface area contributed by atoms with E-state index in [1.54, 1.807) is 0 Å². The Morgan fingerprint density at radius 2 is 1.56 bits per heavy atom. The predicted molar refractivity (Wildman–Crippen MR) is 93.3 cm³/mol. The van der Waals surface area contributed by atoms with E-state index in [4.69, 9.17) is 9.84 Å². The van der Waals surface area contributed by atoms with Crippen LogP contribution in [0.3, 0.4) is 0 Å². The van der Waals surface area contributed by atoms with Crippen molar-refractivity contribution >= 4 is 11.9 Å². The fraction of sp³-hybridized carbons (Fsp3) is 0.200. The van der Waals surface area contributed by atoms with E-state index in [0.717, 1.165) is 17.7 Å². The molecule has 0 radical (unpaired) electrons. The highest BCUT2D eigenvalue weighted by Crippen LogP contribution is 2.26. The van der Waals surface area contributed by atoms with Gasteiger partial charge in [-0.1, -0.05) is 30.3 Å². The van der Waals surface area contributed by atoms with Crippen molar-refractivity contribution in [3.05, 3.63) is 71.3 Å². The van der Waals surface area contributed by atoms with E-state index in [9.17, 15) is 9.59 Å². The molecule has 0 saturated heterocycles. The summed E-state index contributed by atoms with van der Waals surface area (Å²) in [6.45, 7) is 0.348. The number of carboxylic acids is 1. The zero-order valence-electron chi connectivity index (χ0n) is 13.7. The first-order valence-corrected chi connectivity index (χ1v) is 8.19. The Bertz CT molecular complexity index is 794. The Morgan fingerprint density at radius 1 is 0.920 bits per heavy atom. The quantitative estimate of drug-likeness (QED) is 0.843. The molecule has 2 aromatic carbocycles. The summed E-state index contributed by atoms with van der Waals surface area (Å²) in [5, 5.41) is 11.9. The van der Waals surface area contributed by atoms with Gasteiger partial charge in [-0.15, -0.1) is 0 Å². The van der Waals surface area contributed by atoms with E-state index in [1.807, 2.05) is 54.6 Å². The number of carbonyl (C=O) groups is 2. The molecular weight excluding hydrogens is 318 g/mol. The average molecular weight is 337 g/mol. The molecular formula is C20H19NO4. The van der Waals surface area contributed by atoms with Gasteiger partial charge in [-0.25, -0.2) is 4.79 Å². The molecule has 128 valence electrons. The number of hydrogen-bond donors (Lipinski definition) is 2. The molecule has 5 heteroatoms. The van der Waals surface area contributed by atoms with Crippen LogP contribution >= 0.6 is 0 Å². The maximum absolute atomic E-state index is 12.2. The Labute approximate surface area is 145 Å². The molecule has 0 atom stereocenters. The van der Waals surface area contributed by atoms with E-state index < -0.39 is 5.97 Å². The smallest absolute Gasteiger partial charge is 0.332 e. The van der Waals surface area contributed by atoms with Gasteiger partial charge < -0.3 is 15.2 Å². The number of hydrogen-bond acceptors (Lipinski definition) is 3. The van der Waals surface area contributed by atoms with Gasteiger partial charge in [0.25, 0.3) is 0 Å². The summed E-state index contributed by atoms with van der Waals surface area (Å²) < 4.78 is 5.72. The van der Waals surface area contributed by atoms with Crippen molar-refractivity contribution in [2.45, 2.75) is 25.8 Å².